The van der Waals surface area contributed by atoms with Crippen LogP contribution in [0.3, 0.4) is 0 Å². The van der Waals surface area contributed by atoms with Crippen LogP contribution in [0.4, 0.5) is 10.1 Å². The van der Waals surface area contributed by atoms with Gasteiger partial charge in [0.25, 0.3) is 0 Å². The highest BCUT2D eigenvalue weighted by Gasteiger charge is 2.26. The molecule has 2 heterocycles. The maximum atomic E-state index is 13.3. The predicted molar refractivity (Wildman–Crippen MR) is 64.2 cm³/mol. The molecule has 0 aromatic heterocycles. The molecular weight excluding hydrogens is 219 g/mol. The predicted octanol–water partition coefficient (Wildman–Crippen LogP) is 2.22. The minimum absolute atomic E-state index is 0.162. The summed E-state index contributed by atoms with van der Waals surface area (Å²) in [4.78, 5) is 5.80. The number of rotatable bonds is 1. The third-order valence-electron chi connectivity index (χ3n) is 3.42. The fraction of sp³-hybridized carbons (Fsp3) is 0.538. The Labute approximate surface area is 101 Å². The van der Waals surface area contributed by atoms with Gasteiger partial charge in [-0.1, -0.05) is 0 Å². The Morgan fingerprint density at radius 1 is 1.35 bits per heavy atom. The van der Waals surface area contributed by atoms with Crippen molar-refractivity contribution >= 4 is 5.69 Å². The minimum atomic E-state index is -0.162. The molecule has 2 aliphatic heterocycles. The quantitative estimate of drug-likeness (QED) is 0.809. The van der Waals surface area contributed by atoms with Crippen LogP contribution in [0.2, 0.25) is 0 Å². The molecule has 3 nitrogen and oxygen atoms in total. The van der Waals surface area contributed by atoms with Gasteiger partial charge < -0.3 is 0 Å². The van der Waals surface area contributed by atoms with Crippen LogP contribution < -0.4 is 10.4 Å². The summed E-state index contributed by atoms with van der Waals surface area (Å²) in [5.41, 5.74) is 2.07. The van der Waals surface area contributed by atoms with Gasteiger partial charge in [0.05, 0.1) is 12.3 Å². The number of benzene rings is 1. The molecule has 1 saturated heterocycles. The van der Waals surface area contributed by atoms with E-state index >= 15 is 0 Å². The van der Waals surface area contributed by atoms with Gasteiger partial charge >= 0.3 is 0 Å². The highest BCUT2D eigenvalue weighted by molar-refractivity contribution is 5.53. The molecule has 0 saturated carbocycles. The van der Waals surface area contributed by atoms with Crippen molar-refractivity contribution in [3.05, 3.63) is 29.6 Å². The molecule has 0 aliphatic carbocycles. The average Bonchev–Trinajstić information content (AvgIpc) is 2.77. The van der Waals surface area contributed by atoms with Crippen molar-refractivity contribution in [2.75, 3.05) is 18.2 Å². The van der Waals surface area contributed by atoms with Gasteiger partial charge in [-0.2, -0.15) is 0 Å². The number of anilines is 1. The van der Waals surface area contributed by atoms with Gasteiger partial charge in [-0.25, -0.2) is 9.45 Å². The molecule has 17 heavy (non-hydrogen) atoms. The molecule has 1 fully saturated rings. The first-order valence-corrected chi connectivity index (χ1v) is 6.28. The van der Waals surface area contributed by atoms with E-state index < -0.39 is 0 Å². The van der Waals surface area contributed by atoms with Gasteiger partial charge in [0.2, 0.25) is 0 Å². The second kappa shape index (κ2) is 4.63. The van der Waals surface area contributed by atoms with Crippen molar-refractivity contribution in [3.63, 3.8) is 0 Å². The standard InChI is InChI=1S/C13H17FN2O/c14-11-5-6-12-10(9-11)3-2-8-17-16(12)13-4-1-7-15-13/h5-6,9,13,15H,1-4,7-8H2. The number of hydroxylamine groups is 1. The molecule has 2 aliphatic rings. The van der Waals surface area contributed by atoms with Gasteiger partial charge in [-0.15, -0.1) is 0 Å². The van der Waals surface area contributed by atoms with Gasteiger partial charge in [0.1, 0.15) is 12.0 Å². The topological polar surface area (TPSA) is 24.5 Å². The summed E-state index contributed by atoms with van der Waals surface area (Å²) in [6.07, 6.45) is 4.31. The van der Waals surface area contributed by atoms with Crippen molar-refractivity contribution in [1.82, 2.24) is 5.32 Å². The smallest absolute Gasteiger partial charge is 0.123 e. The molecule has 1 unspecified atom stereocenters. The number of nitrogens with one attached hydrogen (secondary N) is 1. The first-order valence-electron chi connectivity index (χ1n) is 6.28. The highest BCUT2D eigenvalue weighted by atomic mass is 19.1. The van der Waals surface area contributed by atoms with Crippen LogP contribution in [0.5, 0.6) is 0 Å². The summed E-state index contributed by atoms with van der Waals surface area (Å²) >= 11 is 0. The Morgan fingerprint density at radius 3 is 3.12 bits per heavy atom. The lowest BCUT2D eigenvalue weighted by Gasteiger charge is -2.29. The van der Waals surface area contributed by atoms with Crippen LogP contribution in [-0.4, -0.2) is 19.3 Å². The molecule has 0 amide bonds. The van der Waals surface area contributed by atoms with E-state index in [9.17, 15) is 4.39 Å². The lowest BCUT2D eigenvalue weighted by atomic mass is 10.1. The molecule has 1 N–H and O–H groups in total. The number of halogens is 1. The number of hydrogen-bond acceptors (Lipinski definition) is 3. The van der Waals surface area contributed by atoms with E-state index in [1.165, 1.54) is 12.5 Å². The summed E-state index contributed by atoms with van der Waals surface area (Å²) in [7, 11) is 0. The normalized spacial score (nSPS) is 24.5. The number of hydrogen-bond donors (Lipinski definition) is 1. The summed E-state index contributed by atoms with van der Waals surface area (Å²) in [6, 6.07) is 4.97. The highest BCUT2D eigenvalue weighted by Crippen LogP contribution is 2.29. The fourth-order valence-electron chi connectivity index (χ4n) is 2.59. The van der Waals surface area contributed by atoms with E-state index in [4.69, 9.17) is 4.84 Å². The molecule has 0 radical (unpaired) electrons. The maximum absolute atomic E-state index is 13.3. The largest absolute Gasteiger partial charge is 0.295 e. The number of aryl methyl sites for hydroxylation is 1. The molecular formula is C13H17FN2O. The summed E-state index contributed by atoms with van der Waals surface area (Å²) in [6.45, 7) is 1.73. The molecule has 3 rings (SSSR count). The van der Waals surface area contributed by atoms with Gasteiger partial charge in [-0.05, 0) is 56.0 Å². The zero-order valence-electron chi connectivity index (χ0n) is 9.79. The molecule has 4 heteroatoms. The minimum Gasteiger partial charge on any atom is -0.295 e. The summed E-state index contributed by atoms with van der Waals surface area (Å²) in [5, 5.41) is 5.36. The Balaban J connectivity index is 1.94. The van der Waals surface area contributed by atoms with Crippen molar-refractivity contribution < 1.29 is 9.23 Å². The molecule has 92 valence electrons. The van der Waals surface area contributed by atoms with E-state index in [0.717, 1.165) is 37.1 Å². The SMILES string of the molecule is Fc1ccc2c(c1)CCCON2C1CCCN1. The van der Waals surface area contributed by atoms with Crippen molar-refractivity contribution in [3.8, 4) is 0 Å². The van der Waals surface area contributed by atoms with Crippen LogP contribution in [0.15, 0.2) is 18.2 Å². The van der Waals surface area contributed by atoms with Crippen LogP contribution in [-0.2, 0) is 11.3 Å². The zero-order chi connectivity index (χ0) is 11.7. The van der Waals surface area contributed by atoms with Crippen molar-refractivity contribution in [2.24, 2.45) is 0 Å². The second-order valence-corrected chi connectivity index (χ2v) is 4.65. The first-order chi connectivity index (χ1) is 8.34. The van der Waals surface area contributed by atoms with E-state index in [2.05, 4.69) is 5.32 Å². The van der Waals surface area contributed by atoms with Crippen LogP contribution in [0.1, 0.15) is 24.8 Å². The first kappa shape index (κ1) is 11.0. The maximum Gasteiger partial charge on any atom is 0.123 e. The third kappa shape index (κ3) is 2.15. The van der Waals surface area contributed by atoms with E-state index in [-0.39, 0.29) is 12.0 Å². The summed E-state index contributed by atoms with van der Waals surface area (Å²) in [5.74, 6) is -0.162. The van der Waals surface area contributed by atoms with E-state index in [0.29, 0.717) is 6.61 Å². The van der Waals surface area contributed by atoms with Crippen LogP contribution in [0.25, 0.3) is 0 Å². The van der Waals surface area contributed by atoms with Gasteiger partial charge in [0.15, 0.2) is 0 Å². The molecule has 1 aromatic carbocycles. The van der Waals surface area contributed by atoms with Gasteiger partial charge in [0, 0.05) is 0 Å². The Morgan fingerprint density at radius 2 is 2.29 bits per heavy atom. The van der Waals surface area contributed by atoms with Crippen molar-refractivity contribution in [2.45, 2.75) is 31.8 Å². The molecule has 0 spiro atoms. The van der Waals surface area contributed by atoms with Gasteiger partial charge in [-0.3, -0.25) is 10.2 Å². The van der Waals surface area contributed by atoms with Crippen molar-refractivity contribution in [1.29, 1.82) is 0 Å². The van der Waals surface area contributed by atoms with Crippen LogP contribution >= 0.6 is 0 Å². The fourth-order valence-corrected chi connectivity index (χ4v) is 2.59. The molecule has 0 bridgehead atoms. The zero-order valence-corrected chi connectivity index (χ0v) is 9.79. The number of fused-ring (bicyclic) bond motifs is 1. The Kier molecular flexibility index (Phi) is 2.99. The van der Waals surface area contributed by atoms with E-state index in [1.54, 1.807) is 6.07 Å². The lowest BCUT2D eigenvalue weighted by molar-refractivity contribution is 0.0851. The molecule has 1 atom stereocenters. The molecule has 1 aromatic rings. The Bertz CT molecular complexity index is 404. The van der Waals surface area contributed by atoms with Crippen LogP contribution in [0, 0.1) is 5.82 Å². The number of nitrogens with zero attached hydrogens (tertiary/aromatic N) is 1. The second-order valence-electron chi connectivity index (χ2n) is 4.65. The summed E-state index contributed by atoms with van der Waals surface area (Å²) < 4.78 is 13.3. The lowest BCUT2D eigenvalue weighted by Crippen LogP contribution is -2.42. The Hall–Kier alpha value is -1.13. The average molecular weight is 236 g/mol. The van der Waals surface area contributed by atoms with E-state index in [1.807, 2.05) is 11.1 Å². The third-order valence-corrected chi connectivity index (χ3v) is 3.42. The monoisotopic (exact) mass is 236 g/mol.